The molecule has 156 valence electrons. The first-order valence-electron chi connectivity index (χ1n) is 9.69. The van der Waals surface area contributed by atoms with Gasteiger partial charge < -0.3 is 20.1 Å². The molecule has 1 aromatic carbocycles. The Bertz CT molecular complexity index is 1080. The maximum Gasteiger partial charge on any atom is 0.335 e. The van der Waals surface area contributed by atoms with Crippen LogP contribution in [-0.2, 0) is 11.3 Å². The number of aromatic carboxylic acids is 1. The van der Waals surface area contributed by atoms with Gasteiger partial charge in [-0.2, -0.15) is 0 Å². The lowest BCUT2D eigenvalue weighted by atomic mass is 9.96. The summed E-state index contributed by atoms with van der Waals surface area (Å²) in [6, 6.07) is 8.64. The number of nitrogens with one attached hydrogen (secondary N) is 1. The Morgan fingerprint density at radius 3 is 2.80 bits per heavy atom. The van der Waals surface area contributed by atoms with Crippen LogP contribution in [0.3, 0.4) is 0 Å². The van der Waals surface area contributed by atoms with Crippen molar-refractivity contribution < 1.29 is 19.4 Å². The number of benzene rings is 1. The predicted octanol–water partition coefficient (Wildman–Crippen LogP) is 2.93. The number of piperidine rings is 1. The quantitative estimate of drug-likeness (QED) is 0.624. The summed E-state index contributed by atoms with van der Waals surface area (Å²) < 4.78 is 5.97. The highest BCUT2D eigenvalue weighted by molar-refractivity contribution is 7.22. The van der Waals surface area contributed by atoms with Crippen LogP contribution in [0.1, 0.15) is 28.8 Å². The number of nitrogens with zero attached hydrogens (tertiary/aromatic N) is 3. The number of hydrogen-bond acceptors (Lipinski definition) is 7. The molecule has 4 rings (SSSR count). The second kappa shape index (κ2) is 8.66. The number of carbonyl (C=O) groups excluding carboxylic acids is 1. The normalized spacial score (nSPS) is 14.6. The fourth-order valence-electron chi connectivity index (χ4n) is 3.52. The molecule has 2 N–H and O–H groups in total. The fraction of sp³-hybridized carbons (Fsp3) is 0.333. The zero-order valence-electron chi connectivity index (χ0n) is 16.5. The van der Waals surface area contributed by atoms with E-state index in [1.807, 2.05) is 12.1 Å². The zero-order chi connectivity index (χ0) is 21.1. The molecule has 3 heterocycles. The summed E-state index contributed by atoms with van der Waals surface area (Å²) in [5.41, 5.74) is 2.01. The second-order valence-electron chi connectivity index (χ2n) is 7.17. The van der Waals surface area contributed by atoms with Crippen molar-refractivity contribution in [1.29, 1.82) is 0 Å². The second-order valence-corrected chi connectivity index (χ2v) is 8.18. The third kappa shape index (κ3) is 4.35. The van der Waals surface area contributed by atoms with Gasteiger partial charge in [0.1, 0.15) is 0 Å². The van der Waals surface area contributed by atoms with Crippen LogP contribution in [0.5, 0.6) is 5.88 Å². The minimum atomic E-state index is -0.941. The van der Waals surface area contributed by atoms with Gasteiger partial charge in [-0.1, -0.05) is 11.3 Å². The van der Waals surface area contributed by atoms with Gasteiger partial charge in [-0.05, 0) is 42.7 Å². The molecule has 0 saturated carbocycles. The van der Waals surface area contributed by atoms with E-state index in [-0.39, 0.29) is 17.4 Å². The summed E-state index contributed by atoms with van der Waals surface area (Å²) in [4.78, 5) is 34.6. The van der Waals surface area contributed by atoms with E-state index in [4.69, 9.17) is 9.84 Å². The average Bonchev–Trinajstić information content (AvgIpc) is 3.21. The van der Waals surface area contributed by atoms with E-state index in [1.54, 1.807) is 31.5 Å². The van der Waals surface area contributed by atoms with Crippen molar-refractivity contribution >= 4 is 38.6 Å². The van der Waals surface area contributed by atoms with Crippen molar-refractivity contribution in [3.05, 3.63) is 47.7 Å². The van der Waals surface area contributed by atoms with Crippen LogP contribution in [0.2, 0.25) is 0 Å². The fourth-order valence-corrected chi connectivity index (χ4v) is 4.58. The Balaban J connectivity index is 1.33. The van der Waals surface area contributed by atoms with Gasteiger partial charge in [-0.15, -0.1) is 0 Å². The van der Waals surface area contributed by atoms with Gasteiger partial charge in [-0.3, -0.25) is 4.79 Å². The summed E-state index contributed by atoms with van der Waals surface area (Å²) in [5, 5.41) is 13.0. The molecular formula is C21H22N4O4S. The third-order valence-corrected chi connectivity index (χ3v) is 6.31. The van der Waals surface area contributed by atoms with E-state index >= 15 is 0 Å². The monoisotopic (exact) mass is 426 g/mol. The Hall–Kier alpha value is -3.20. The van der Waals surface area contributed by atoms with E-state index in [2.05, 4.69) is 20.2 Å². The van der Waals surface area contributed by atoms with Crippen LogP contribution >= 0.6 is 11.3 Å². The number of hydrogen-bond donors (Lipinski definition) is 2. The molecule has 0 spiro atoms. The molecule has 0 radical (unpaired) electrons. The number of rotatable bonds is 6. The lowest BCUT2D eigenvalue weighted by Crippen LogP contribution is -2.40. The predicted molar refractivity (Wildman–Crippen MR) is 114 cm³/mol. The van der Waals surface area contributed by atoms with Crippen LogP contribution in [0.15, 0.2) is 36.5 Å². The maximum absolute atomic E-state index is 12.6. The number of aromatic nitrogens is 2. The molecule has 1 aliphatic heterocycles. The molecule has 1 aliphatic rings. The number of carboxylic acid groups (broad SMARTS) is 1. The van der Waals surface area contributed by atoms with Crippen molar-refractivity contribution in [3.8, 4) is 5.88 Å². The lowest BCUT2D eigenvalue weighted by Gasteiger charge is -2.31. The number of ether oxygens (including phenoxy) is 1. The maximum atomic E-state index is 12.6. The smallest absolute Gasteiger partial charge is 0.335 e. The van der Waals surface area contributed by atoms with E-state index in [0.717, 1.165) is 46.8 Å². The average molecular weight is 426 g/mol. The van der Waals surface area contributed by atoms with Gasteiger partial charge in [0.2, 0.25) is 11.8 Å². The molecule has 30 heavy (non-hydrogen) atoms. The van der Waals surface area contributed by atoms with E-state index in [0.29, 0.717) is 12.4 Å². The summed E-state index contributed by atoms with van der Waals surface area (Å²) in [6.45, 7) is 1.93. The molecule has 0 unspecified atom stereocenters. The first kappa shape index (κ1) is 20.1. The van der Waals surface area contributed by atoms with E-state index in [1.165, 1.54) is 11.3 Å². The number of amides is 1. The molecular weight excluding hydrogens is 404 g/mol. The number of methoxy groups -OCH3 is 1. The lowest BCUT2D eigenvalue weighted by molar-refractivity contribution is -0.125. The van der Waals surface area contributed by atoms with Crippen molar-refractivity contribution in [2.45, 2.75) is 19.4 Å². The van der Waals surface area contributed by atoms with Gasteiger partial charge >= 0.3 is 5.97 Å². The zero-order valence-corrected chi connectivity index (χ0v) is 17.3. The first-order chi connectivity index (χ1) is 14.5. The van der Waals surface area contributed by atoms with Gasteiger partial charge in [0.15, 0.2) is 5.13 Å². The number of thiazole rings is 1. The highest BCUT2D eigenvalue weighted by Gasteiger charge is 2.26. The Morgan fingerprint density at radius 1 is 1.27 bits per heavy atom. The van der Waals surface area contributed by atoms with Gasteiger partial charge in [0, 0.05) is 37.8 Å². The molecule has 1 fully saturated rings. The molecule has 0 aliphatic carbocycles. The molecule has 1 saturated heterocycles. The molecule has 3 aromatic rings. The van der Waals surface area contributed by atoms with Crippen LogP contribution in [0, 0.1) is 5.92 Å². The Morgan fingerprint density at radius 2 is 2.07 bits per heavy atom. The molecule has 0 atom stereocenters. The molecule has 9 heteroatoms. The largest absolute Gasteiger partial charge is 0.481 e. The summed E-state index contributed by atoms with van der Waals surface area (Å²) in [6.07, 6.45) is 3.17. The first-order valence-corrected chi connectivity index (χ1v) is 10.5. The third-order valence-electron chi connectivity index (χ3n) is 5.24. The molecule has 0 bridgehead atoms. The number of carboxylic acids is 1. The van der Waals surface area contributed by atoms with Gasteiger partial charge in [-0.25, -0.2) is 14.8 Å². The summed E-state index contributed by atoms with van der Waals surface area (Å²) in [7, 11) is 1.56. The van der Waals surface area contributed by atoms with Gasteiger partial charge in [0.25, 0.3) is 0 Å². The number of carbonyl (C=O) groups is 2. The Labute approximate surface area is 177 Å². The highest BCUT2D eigenvalue weighted by atomic mass is 32.1. The number of fused-ring (bicyclic) bond motifs is 1. The molecule has 1 amide bonds. The van der Waals surface area contributed by atoms with Crippen molar-refractivity contribution in [3.63, 3.8) is 0 Å². The Kier molecular flexibility index (Phi) is 5.80. The minimum absolute atomic E-state index is 0.0297. The van der Waals surface area contributed by atoms with Crippen molar-refractivity contribution in [2.75, 3.05) is 25.1 Å². The van der Waals surface area contributed by atoms with Crippen LogP contribution in [0.4, 0.5) is 5.13 Å². The van der Waals surface area contributed by atoms with Crippen LogP contribution in [-0.4, -0.2) is 47.2 Å². The SMILES string of the molecule is COc1cc(CNC(=O)C2CCN(c3nc4ccc(C(=O)O)cc4s3)CC2)ccn1. The summed E-state index contributed by atoms with van der Waals surface area (Å²) >= 11 is 1.49. The van der Waals surface area contributed by atoms with Crippen LogP contribution in [0.25, 0.3) is 10.2 Å². The standard InChI is InChI=1S/C21H22N4O4S/c1-29-18-10-13(4-7-22-18)12-23-19(26)14-5-8-25(9-6-14)21-24-16-3-2-15(20(27)28)11-17(16)30-21/h2-4,7,10-11,14H,5-6,8-9,12H2,1H3,(H,23,26)(H,27,28). The van der Waals surface area contributed by atoms with E-state index in [9.17, 15) is 9.59 Å². The topological polar surface area (TPSA) is 105 Å². The molecule has 8 nitrogen and oxygen atoms in total. The highest BCUT2D eigenvalue weighted by Crippen LogP contribution is 2.32. The number of anilines is 1. The van der Waals surface area contributed by atoms with Crippen molar-refractivity contribution in [1.82, 2.24) is 15.3 Å². The molecule has 2 aromatic heterocycles. The van der Waals surface area contributed by atoms with E-state index < -0.39 is 5.97 Å². The number of pyridine rings is 1. The van der Waals surface area contributed by atoms with Gasteiger partial charge in [0.05, 0.1) is 22.9 Å². The summed E-state index contributed by atoms with van der Waals surface area (Å²) in [5.74, 6) is -0.385. The van der Waals surface area contributed by atoms with Crippen LogP contribution < -0.4 is 15.0 Å². The van der Waals surface area contributed by atoms with Crippen molar-refractivity contribution in [2.24, 2.45) is 5.92 Å². The minimum Gasteiger partial charge on any atom is -0.481 e.